The van der Waals surface area contributed by atoms with Gasteiger partial charge in [0.2, 0.25) is 5.91 Å². The smallest absolute Gasteiger partial charge is 0.408 e. The third-order valence-electron chi connectivity index (χ3n) is 2.03. The fourth-order valence-corrected chi connectivity index (χ4v) is 1.16. The number of nitrogens with one attached hydrogen (secondary N) is 2. The molecule has 0 bridgehead atoms. The largest absolute Gasteiger partial charge is 0.444 e. The van der Waals surface area contributed by atoms with Crippen molar-refractivity contribution in [3.8, 4) is 0 Å². The maximum absolute atomic E-state index is 11.4. The molecule has 20 heavy (non-hydrogen) atoms. The Balaban J connectivity index is 3.87. The van der Waals surface area contributed by atoms with Crippen LogP contribution in [0.5, 0.6) is 0 Å². The van der Waals surface area contributed by atoms with Gasteiger partial charge in [0.15, 0.2) is 6.29 Å². The van der Waals surface area contributed by atoms with Gasteiger partial charge >= 0.3 is 6.09 Å². The number of carbonyl (C=O) groups excluding carboxylic acids is 2. The summed E-state index contributed by atoms with van der Waals surface area (Å²) in [5, 5.41) is 14.2. The van der Waals surface area contributed by atoms with Crippen molar-refractivity contribution >= 4 is 12.0 Å². The van der Waals surface area contributed by atoms with E-state index in [2.05, 4.69) is 10.6 Å². The number of hydrogen-bond donors (Lipinski definition) is 4. The minimum absolute atomic E-state index is 0.0377. The molecule has 0 aromatic heterocycles. The maximum atomic E-state index is 11.4. The molecule has 118 valence electrons. The summed E-state index contributed by atoms with van der Waals surface area (Å²) < 4.78 is 9.85. The molecule has 0 saturated carbocycles. The van der Waals surface area contributed by atoms with Crippen molar-refractivity contribution in [1.29, 1.82) is 0 Å². The first-order valence-corrected chi connectivity index (χ1v) is 6.44. The topological polar surface area (TPSA) is 123 Å². The molecule has 0 aromatic carbocycles. The van der Waals surface area contributed by atoms with E-state index in [1.807, 2.05) is 0 Å². The Labute approximate surface area is 119 Å². The minimum Gasteiger partial charge on any atom is -0.444 e. The summed E-state index contributed by atoms with van der Waals surface area (Å²) >= 11 is 0. The van der Waals surface area contributed by atoms with Gasteiger partial charge in [0.1, 0.15) is 5.60 Å². The third kappa shape index (κ3) is 9.54. The Morgan fingerprint density at radius 3 is 2.40 bits per heavy atom. The number of carbonyl (C=O) groups is 2. The molecule has 2 amide bonds. The number of amides is 2. The van der Waals surface area contributed by atoms with E-state index in [1.165, 1.54) is 0 Å². The van der Waals surface area contributed by atoms with E-state index in [4.69, 9.17) is 15.2 Å². The molecule has 0 aromatic rings. The van der Waals surface area contributed by atoms with E-state index in [1.54, 1.807) is 27.7 Å². The van der Waals surface area contributed by atoms with Crippen LogP contribution in [0.1, 0.15) is 27.7 Å². The quantitative estimate of drug-likeness (QED) is 0.460. The average Bonchev–Trinajstić information content (AvgIpc) is 2.31. The second-order valence-corrected chi connectivity index (χ2v) is 5.17. The molecular formula is C12H25N3O5. The summed E-state index contributed by atoms with van der Waals surface area (Å²) in [5.41, 5.74) is 4.97. The molecule has 0 aliphatic heterocycles. The van der Waals surface area contributed by atoms with Gasteiger partial charge in [-0.1, -0.05) is 0 Å². The minimum atomic E-state index is -1.14. The number of ether oxygens (including phenoxy) is 2. The molecule has 0 fully saturated rings. The van der Waals surface area contributed by atoms with Crippen molar-refractivity contribution in [3.63, 3.8) is 0 Å². The van der Waals surface area contributed by atoms with Crippen molar-refractivity contribution < 1.29 is 24.2 Å². The number of alkyl carbamates (subject to hydrolysis) is 1. The third-order valence-corrected chi connectivity index (χ3v) is 2.03. The second kappa shape index (κ2) is 8.72. The van der Waals surface area contributed by atoms with Gasteiger partial charge in [0, 0.05) is 13.2 Å². The standard InChI is InChI=1S/C12H25N3O5/c1-5-19-10(17)8(13)6-14-9(16)7-15-11(18)20-12(2,3)4/h8,10,17H,5-7,13H2,1-4H3,(H,14,16)(H,15,18)/t8-,10?/m0/s1. The van der Waals surface area contributed by atoms with Gasteiger partial charge in [-0.25, -0.2) is 4.79 Å². The van der Waals surface area contributed by atoms with Gasteiger partial charge in [0.05, 0.1) is 12.6 Å². The van der Waals surface area contributed by atoms with Crippen LogP contribution in [0.4, 0.5) is 4.79 Å². The SMILES string of the molecule is CCOC(O)[C@@H](N)CNC(=O)CNC(=O)OC(C)(C)C. The van der Waals surface area contributed by atoms with Crippen molar-refractivity contribution in [2.24, 2.45) is 5.73 Å². The Hall–Kier alpha value is -1.38. The highest BCUT2D eigenvalue weighted by molar-refractivity contribution is 5.82. The van der Waals surface area contributed by atoms with Crippen molar-refractivity contribution in [3.05, 3.63) is 0 Å². The van der Waals surface area contributed by atoms with Gasteiger partial charge in [-0.15, -0.1) is 0 Å². The highest BCUT2D eigenvalue weighted by Crippen LogP contribution is 2.05. The Morgan fingerprint density at radius 2 is 1.90 bits per heavy atom. The summed E-state index contributed by atoms with van der Waals surface area (Å²) in [5.74, 6) is -0.435. The highest BCUT2D eigenvalue weighted by Gasteiger charge is 2.18. The van der Waals surface area contributed by atoms with Gasteiger partial charge < -0.3 is 30.9 Å². The Bertz CT molecular complexity index is 317. The monoisotopic (exact) mass is 291 g/mol. The molecule has 1 unspecified atom stereocenters. The lowest BCUT2D eigenvalue weighted by Gasteiger charge is -2.20. The van der Waals surface area contributed by atoms with Gasteiger partial charge in [-0.05, 0) is 27.7 Å². The zero-order valence-corrected chi connectivity index (χ0v) is 12.4. The molecule has 0 radical (unpaired) electrons. The Morgan fingerprint density at radius 1 is 1.30 bits per heavy atom. The number of nitrogens with two attached hydrogens (primary N) is 1. The maximum Gasteiger partial charge on any atom is 0.408 e. The zero-order chi connectivity index (χ0) is 15.8. The van der Waals surface area contributed by atoms with E-state index in [-0.39, 0.29) is 13.1 Å². The molecule has 8 heteroatoms. The normalized spacial score (nSPS) is 14.3. The predicted molar refractivity (Wildman–Crippen MR) is 72.9 cm³/mol. The number of rotatable bonds is 7. The van der Waals surface area contributed by atoms with E-state index in [0.717, 1.165) is 0 Å². The summed E-state index contributed by atoms with van der Waals surface area (Å²) in [7, 11) is 0. The lowest BCUT2D eigenvalue weighted by Crippen LogP contribution is -2.48. The van der Waals surface area contributed by atoms with E-state index >= 15 is 0 Å². The van der Waals surface area contributed by atoms with Crippen LogP contribution in [0.15, 0.2) is 0 Å². The summed E-state index contributed by atoms with van der Waals surface area (Å²) in [6, 6.07) is -0.736. The van der Waals surface area contributed by atoms with Crippen LogP contribution in [0.2, 0.25) is 0 Å². The average molecular weight is 291 g/mol. The molecule has 2 atom stereocenters. The van der Waals surface area contributed by atoms with Crippen LogP contribution in [0.3, 0.4) is 0 Å². The zero-order valence-electron chi connectivity index (χ0n) is 12.4. The highest BCUT2D eigenvalue weighted by atomic mass is 16.6. The molecule has 0 aliphatic carbocycles. The summed E-state index contributed by atoms with van der Waals surface area (Å²) in [6.45, 7) is 7.02. The second-order valence-electron chi connectivity index (χ2n) is 5.17. The number of hydrogen-bond acceptors (Lipinski definition) is 6. The van der Waals surface area contributed by atoms with Crippen molar-refractivity contribution in [2.75, 3.05) is 19.7 Å². The van der Waals surface area contributed by atoms with Crippen LogP contribution in [-0.2, 0) is 14.3 Å². The van der Waals surface area contributed by atoms with Crippen molar-refractivity contribution in [2.45, 2.75) is 45.6 Å². The fraction of sp³-hybridized carbons (Fsp3) is 0.833. The number of aliphatic hydroxyl groups is 1. The fourth-order valence-electron chi connectivity index (χ4n) is 1.16. The van der Waals surface area contributed by atoms with Crippen molar-refractivity contribution in [1.82, 2.24) is 10.6 Å². The lowest BCUT2D eigenvalue weighted by molar-refractivity contribution is -0.123. The Kier molecular flexibility index (Phi) is 8.12. The molecular weight excluding hydrogens is 266 g/mol. The van der Waals surface area contributed by atoms with E-state index < -0.39 is 29.9 Å². The molecule has 0 saturated heterocycles. The van der Waals surface area contributed by atoms with Crippen LogP contribution in [-0.4, -0.2) is 54.7 Å². The first-order valence-electron chi connectivity index (χ1n) is 6.44. The molecule has 5 N–H and O–H groups in total. The lowest BCUT2D eigenvalue weighted by atomic mass is 10.2. The summed E-state index contributed by atoms with van der Waals surface area (Å²) in [4.78, 5) is 22.7. The van der Waals surface area contributed by atoms with E-state index in [9.17, 15) is 14.7 Å². The summed E-state index contributed by atoms with van der Waals surface area (Å²) in [6.07, 6.45) is -1.81. The van der Waals surface area contributed by atoms with Crippen LogP contribution >= 0.6 is 0 Å². The molecule has 0 spiro atoms. The van der Waals surface area contributed by atoms with Gasteiger partial charge in [0.25, 0.3) is 0 Å². The van der Waals surface area contributed by atoms with Crippen LogP contribution < -0.4 is 16.4 Å². The van der Waals surface area contributed by atoms with Crippen LogP contribution in [0, 0.1) is 0 Å². The molecule has 0 rings (SSSR count). The number of aliphatic hydroxyl groups excluding tert-OH is 1. The first kappa shape index (κ1) is 18.6. The van der Waals surface area contributed by atoms with Gasteiger partial charge in [-0.3, -0.25) is 4.79 Å². The first-order chi connectivity index (χ1) is 9.15. The van der Waals surface area contributed by atoms with Gasteiger partial charge in [-0.2, -0.15) is 0 Å². The van der Waals surface area contributed by atoms with E-state index in [0.29, 0.717) is 6.61 Å². The molecule has 0 heterocycles. The predicted octanol–water partition coefficient (Wildman–Crippen LogP) is -0.690. The molecule has 0 aliphatic rings. The molecule has 8 nitrogen and oxygen atoms in total. The van der Waals surface area contributed by atoms with Crippen LogP contribution in [0.25, 0.3) is 0 Å².